The van der Waals surface area contributed by atoms with Crippen LogP contribution in [0, 0.1) is 0 Å². The molecule has 3 aliphatic rings. The minimum atomic E-state index is -0.221. The number of rotatable bonds is 5. The lowest BCUT2D eigenvalue weighted by atomic mass is 10.0. The van der Waals surface area contributed by atoms with Gasteiger partial charge in [0.25, 0.3) is 5.91 Å². The Morgan fingerprint density at radius 1 is 1.28 bits per heavy atom. The van der Waals surface area contributed by atoms with Gasteiger partial charge in [-0.2, -0.15) is 0 Å². The van der Waals surface area contributed by atoms with E-state index in [9.17, 15) is 14.4 Å². The highest BCUT2D eigenvalue weighted by molar-refractivity contribution is 7.12. The van der Waals surface area contributed by atoms with Crippen LogP contribution in [0.3, 0.4) is 0 Å². The maximum absolute atomic E-state index is 12.6. The Kier molecular flexibility index (Phi) is 6.17. The van der Waals surface area contributed by atoms with Crippen LogP contribution in [0.5, 0.6) is 0 Å². The smallest absolute Gasteiger partial charge is 0.261 e. The molecule has 9 heteroatoms. The number of carbonyl (C=O) groups is 3. The van der Waals surface area contributed by atoms with Gasteiger partial charge in [0, 0.05) is 57.8 Å². The molecule has 4 rings (SSSR count). The van der Waals surface area contributed by atoms with Crippen LogP contribution in [0.2, 0.25) is 0 Å². The molecule has 1 aromatic rings. The van der Waals surface area contributed by atoms with Gasteiger partial charge in [0.15, 0.2) is 0 Å². The SMILES string of the molecule is CN1CCN(C(=O)CC[C@H]2CNC(=O)[C@H]3C[C@H](NC(=O)c4cccs4)CN23)CC1. The van der Waals surface area contributed by atoms with Crippen molar-refractivity contribution in [3.8, 4) is 0 Å². The van der Waals surface area contributed by atoms with E-state index < -0.39 is 0 Å². The van der Waals surface area contributed by atoms with Crippen molar-refractivity contribution in [3.05, 3.63) is 22.4 Å². The first kappa shape index (κ1) is 20.3. The monoisotopic (exact) mass is 419 g/mol. The van der Waals surface area contributed by atoms with Crippen molar-refractivity contribution in [2.75, 3.05) is 46.3 Å². The molecule has 2 N–H and O–H groups in total. The van der Waals surface area contributed by atoms with Gasteiger partial charge < -0.3 is 20.4 Å². The first-order valence-corrected chi connectivity index (χ1v) is 11.2. The molecule has 4 heterocycles. The fourth-order valence-electron chi connectivity index (χ4n) is 4.52. The summed E-state index contributed by atoms with van der Waals surface area (Å²) in [7, 11) is 2.08. The van der Waals surface area contributed by atoms with Gasteiger partial charge in [0.05, 0.1) is 10.9 Å². The van der Waals surface area contributed by atoms with Crippen molar-refractivity contribution in [1.29, 1.82) is 0 Å². The molecule has 29 heavy (non-hydrogen) atoms. The topological polar surface area (TPSA) is 85.0 Å². The molecule has 158 valence electrons. The first-order chi connectivity index (χ1) is 14.0. The van der Waals surface area contributed by atoms with Crippen LogP contribution in [-0.2, 0) is 9.59 Å². The van der Waals surface area contributed by atoms with E-state index in [2.05, 4.69) is 27.5 Å². The summed E-state index contributed by atoms with van der Waals surface area (Å²) in [5.41, 5.74) is 0. The maximum atomic E-state index is 12.6. The van der Waals surface area contributed by atoms with Crippen LogP contribution in [0.25, 0.3) is 0 Å². The highest BCUT2D eigenvalue weighted by Gasteiger charge is 2.44. The average molecular weight is 420 g/mol. The predicted octanol–water partition coefficient (Wildman–Crippen LogP) is -0.0266. The van der Waals surface area contributed by atoms with Crippen molar-refractivity contribution in [1.82, 2.24) is 25.3 Å². The van der Waals surface area contributed by atoms with E-state index >= 15 is 0 Å². The van der Waals surface area contributed by atoms with Gasteiger partial charge in [-0.15, -0.1) is 11.3 Å². The Bertz CT molecular complexity index is 747. The molecule has 0 radical (unpaired) electrons. The molecule has 3 saturated heterocycles. The van der Waals surface area contributed by atoms with Crippen LogP contribution in [-0.4, -0.2) is 96.9 Å². The van der Waals surface area contributed by atoms with Crippen LogP contribution < -0.4 is 10.6 Å². The Labute approximate surface area is 175 Å². The maximum Gasteiger partial charge on any atom is 0.261 e. The number of fused-ring (bicyclic) bond motifs is 1. The third kappa shape index (κ3) is 4.62. The zero-order chi connectivity index (χ0) is 20.4. The second-order valence-electron chi connectivity index (χ2n) is 8.22. The molecule has 0 bridgehead atoms. The van der Waals surface area contributed by atoms with Crippen molar-refractivity contribution < 1.29 is 14.4 Å². The first-order valence-electron chi connectivity index (χ1n) is 10.4. The number of nitrogens with one attached hydrogen (secondary N) is 2. The van der Waals surface area contributed by atoms with Gasteiger partial charge in [-0.05, 0) is 31.3 Å². The molecular formula is C20H29N5O3S. The third-order valence-corrected chi connectivity index (χ3v) is 7.12. The highest BCUT2D eigenvalue weighted by atomic mass is 32.1. The van der Waals surface area contributed by atoms with Crippen LogP contribution >= 0.6 is 11.3 Å². The second kappa shape index (κ2) is 8.81. The molecular weight excluding hydrogens is 390 g/mol. The van der Waals surface area contributed by atoms with Crippen molar-refractivity contribution in [2.24, 2.45) is 0 Å². The van der Waals surface area contributed by atoms with Gasteiger partial charge in [-0.1, -0.05) is 6.07 Å². The summed E-state index contributed by atoms with van der Waals surface area (Å²) in [6.07, 6.45) is 1.85. The average Bonchev–Trinajstić information content (AvgIpc) is 3.38. The molecule has 0 saturated carbocycles. The Morgan fingerprint density at radius 3 is 2.79 bits per heavy atom. The summed E-state index contributed by atoms with van der Waals surface area (Å²) < 4.78 is 0. The van der Waals surface area contributed by atoms with E-state index in [1.807, 2.05) is 22.4 Å². The summed E-state index contributed by atoms with van der Waals surface area (Å²) in [4.78, 5) is 44.4. The van der Waals surface area contributed by atoms with Gasteiger partial charge >= 0.3 is 0 Å². The second-order valence-corrected chi connectivity index (χ2v) is 9.17. The number of hydrogen-bond acceptors (Lipinski definition) is 6. The number of nitrogens with zero attached hydrogens (tertiary/aromatic N) is 3. The molecule has 3 amide bonds. The van der Waals surface area contributed by atoms with Gasteiger partial charge in [0.1, 0.15) is 0 Å². The number of likely N-dealkylation sites (N-methyl/N-ethyl adjacent to an activating group) is 1. The molecule has 0 aromatic carbocycles. The largest absolute Gasteiger partial charge is 0.353 e. The van der Waals surface area contributed by atoms with Crippen molar-refractivity contribution in [3.63, 3.8) is 0 Å². The predicted molar refractivity (Wildman–Crippen MR) is 111 cm³/mol. The quantitative estimate of drug-likeness (QED) is 0.700. The Hall–Kier alpha value is -1.97. The van der Waals surface area contributed by atoms with Gasteiger partial charge in [0.2, 0.25) is 11.8 Å². The van der Waals surface area contributed by atoms with Crippen LogP contribution in [0.15, 0.2) is 17.5 Å². The summed E-state index contributed by atoms with van der Waals surface area (Å²) in [6.45, 7) is 4.65. The summed E-state index contributed by atoms with van der Waals surface area (Å²) in [5, 5.41) is 7.94. The highest BCUT2D eigenvalue weighted by Crippen LogP contribution is 2.26. The van der Waals surface area contributed by atoms with Gasteiger partial charge in [-0.3, -0.25) is 19.3 Å². The molecule has 3 fully saturated rings. The van der Waals surface area contributed by atoms with Crippen LogP contribution in [0.1, 0.15) is 28.9 Å². The molecule has 0 aliphatic carbocycles. The normalized spacial score (nSPS) is 28.1. The van der Waals surface area contributed by atoms with E-state index in [0.717, 1.165) is 32.6 Å². The zero-order valence-corrected chi connectivity index (χ0v) is 17.6. The lowest BCUT2D eigenvalue weighted by Gasteiger charge is -2.38. The zero-order valence-electron chi connectivity index (χ0n) is 16.8. The third-order valence-electron chi connectivity index (χ3n) is 6.25. The number of hydrogen-bond donors (Lipinski definition) is 2. The minimum Gasteiger partial charge on any atom is -0.353 e. The Balaban J connectivity index is 1.31. The van der Waals surface area contributed by atoms with Crippen LogP contribution in [0.4, 0.5) is 0 Å². The number of carbonyl (C=O) groups excluding carboxylic acids is 3. The molecule has 1 aromatic heterocycles. The minimum absolute atomic E-state index is 0.0273. The van der Waals surface area contributed by atoms with E-state index in [4.69, 9.17) is 0 Å². The number of thiophene rings is 1. The summed E-state index contributed by atoms with van der Waals surface area (Å²) in [5.74, 6) is 0.153. The molecule has 0 spiro atoms. The van der Waals surface area contributed by atoms with Crippen molar-refractivity contribution >= 4 is 29.1 Å². The van der Waals surface area contributed by atoms with E-state index in [-0.39, 0.29) is 35.8 Å². The van der Waals surface area contributed by atoms with E-state index in [1.165, 1.54) is 11.3 Å². The molecule has 3 aliphatic heterocycles. The molecule has 8 nitrogen and oxygen atoms in total. The fourth-order valence-corrected chi connectivity index (χ4v) is 5.14. The number of amides is 3. The summed E-state index contributed by atoms with van der Waals surface area (Å²) in [6, 6.07) is 3.54. The summed E-state index contributed by atoms with van der Waals surface area (Å²) >= 11 is 1.42. The number of piperazine rings is 2. The lowest BCUT2D eigenvalue weighted by Crippen LogP contribution is -2.58. The lowest BCUT2D eigenvalue weighted by molar-refractivity contribution is -0.133. The molecule has 0 unspecified atom stereocenters. The van der Waals surface area contributed by atoms with Gasteiger partial charge in [-0.25, -0.2) is 0 Å². The van der Waals surface area contributed by atoms with E-state index in [0.29, 0.717) is 30.8 Å². The van der Waals surface area contributed by atoms with Crippen molar-refractivity contribution in [2.45, 2.75) is 37.4 Å². The fraction of sp³-hybridized carbons (Fsp3) is 0.650. The molecule has 3 atom stereocenters. The van der Waals surface area contributed by atoms with E-state index in [1.54, 1.807) is 0 Å². The standard InChI is InChI=1S/C20H29N5O3S/c1-23-6-8-24(9-7-23)18(26)5-4-15-12-21-19(27)16-11-14(13-25(15)16)22-20(28)17-3-2-10-29-17/h2-3,10,14-16H,4-9,11-13H2,1H3,(H,21,27)(H,22,28)/t14-,15-,16+/m0/s1. The Morgan fingerprint density at radius 2 is 2.07 bits per heavy atom.